The first-order chi connectivity index (χ1) is 8.45. The van der Waals surface area contributed by atoms with Crippen molar-refractivity contribution in [2.75, 3.05) is 40.5 Å². The molecule has 0 N–H and O–H groups in total. The monoisotopic (exact) mass is 273 g/mol. The summed E-state index contributed by atoms with van der Waals surface area (Å²) >= 11 is 0. The van der Waals surface area contributed by atoms with Crippen LogP contribution in [0.2, 0.25) is 0 Å². The first-order valence-electron chi connectivity index (χ1n) is 6.77. The van der Waals surface area contributed by atoms with E-state index in [0.717, 1.165) is 36.7 Å². The summed E-state index contributed by atoms with van der Waals surface area (Å²) in [6, 6.07) is 0. The van der Waals surface area contributed by atoms with Crippen molar-refractivity contribution in [1.82, 2.24) is 0 Å². The number of rotatable bonds is 11. The SMILES string of the molecule is C#CCCCCCCC[P+](=O)OCC[N+](C)(C)C. The van der Waals surface area contributed by atoms with E-state index >= 15 is 0 Å². The Kier molecular flexibility index (Phi) is 10.3. The molecule has 0 heterocycles. The molecule has 4 heteroatoms. The van der Waals surface area contributed by atoms with Crippen LogP contribution < -0.4 is 0 Å². The Morgan fingerprint density at radius 1 is 1.11 bits per heavy atom. The Hall–Kier alpha value is -0.420. The third kappa shape index (κ3) is 13.6. The first kappa shape index (κ1) is 17.6. The lowest BCUT2D eigenvalue weighted by Crippen LogP contribution is -2.37. The molecule has 1 atom stereocenters. The number of hydrogen-bond acceptors (Lipinski definition) is 2. The van der Waals surface area contributed by atoms with Gasteiger partial charge < -0.3 is 4.48 Å². The fourth-order valence-corrected chi connectivity index (χ4v) is 2.38. The molecular weight excluding hydrogens is 245 g/mol. The van der Waals surface area contributed by atoms with Crippen molar-refractivity contribution in [2.45, 2.75) is 38.5 Å². The van der Waals surface area contributed by atoms with Crippen molar-refractivity contribution in [2.24, 2.45) is 0 Å². The van der Waals surface area contributed by atoms with Crippen LogP contribution in [0.4, 0.5) is 0 Å². The molecule has 0 aromatic heterocycles. The van der Waals surface area contributed by atoms with Gasteiger partial charge in [-0.25, -0.2) is 0 Å². The molecule has 104 valence electrons. The van der Waals surface area contributed by atoms with Crippen LogP contribution >= 0.6 is 8.03 Å². The average Bonchev–Trinajstić information content (AvgIpc) is 2.26. The topological polar surface area (TPSA) is 26.3 Å². The van der Waals surface area contributed by atoms with E-state index in [1.54, 1.807) is 0 Å². The number of likely N-dealkylation sites (N-methyl/N-ethyl adjacent to an activating group) is 1. The minimum Gasteiger partial charge on any atom is -0.329 e. The van der Waals surface area contributed by atoms with Gasteiger partial charge in [-0.1, -0.05) is 12.8 Å². The van der Waals surface area contributed by atoms with E-state index in [1.807, 2.05) is 0 Å². The fourth-order valence-electron chi connectivity index (χ4n) is 1.48. The van der Waals surface area contributed by atoms with Gasteiger partial charge in [-0.3, -0.25) is 0 Å². The van der Waals surface area contributed by atoms with Crippen LogP contribution in [0.3, 0.4) is 0 Å². The molecule has 0 aromatic carbocycles. The Morgan fingerprint density at radius 2 is 1.72 bits per heavy atom. The van der Waals surface area contributed by atoms with Gasteiger partial charge in [-0.2, -0.15) is 0 Å². The molecule has 0 rings (SSSR count). The average molecular weight is 273 g/mol. The Morgan fingerprint density at radius 3 is 2.33 bits per heavy atom. The zero-order chi connectivity index (χ0) is 13.9. The maximum absolute atomic E-state index is 11.6. The van der Waals surface area contributed by atoms with E-state index in [2.05, 4.69) is 27.1 Å². The number of quaternary nitrogens is 1. The van der Waals surface area contributed by atoms with Gasteiger partial charge in [0.1, 0.15) is 6.54 Å². The van der Waals surface area contributed by atoms with Gasteiger partial charge in [0.25, 0.3) is 0 Å². The summed E-state index contributed by atoms with van der Waals surface area (Å²) in [4.78, 5) is 0. The Bertz CT molecular complexity index is 266. The number of terminal acetylenes is 1. The van der Waals surface area contributed by atoms with Gasteiger partial charge in [-0.15, -0.1) is 16.9 Å². The van der Waals surface area contributed by atoms with Gasteiger partial charge in [0.15, 0.2) is 12.8 Å². The van der Waals surface area contributed by atoms with Crippen molar-refractivity contribution < 1.29 is 13.6 Å². The molecule has 0 bridgehead atoms. The van der Waals surface area contributed by atoms with Gasteiger partial charge in [-0.05, 0) is 23.8 Å². The molecule has 1 unspecified atom stereocenters. The Balaban J connectivity index is 3.30. The van der Waals surface area contributed by atoms with Crippen LogP contribution in [0.25, 0.3) is 0 Å². The summed E-state index contributed by atoms with van der Waals surface area (Å²) in [5, 5.41) is 0. The summed E-state index contributed by atoms with van der Waals surface area (Å²) in [5.41, 5.74) is 0. The molecule has 0 saturated heterocycles. The molecule has 0 aliphatic heterocycles. The van der Waals surface area contributed by atoms with Crippen molar-refractivity contribution in [3.05, 3.63) is 0 Å². The standard InChI is InChI=1S/C14H28NO2P/c1-5-6-7-8-9-10-11-14-18(16)17-13-12-15(2,3)4/h1H,6-14H2,2-4H3/q+2. The van der Waals surface area contributed by atoms with Crippen LogP contribution in [0.5, 0.6) is 0 Å². The number of nitrogens with zero attached hydrogens (tertiary/aromatic N) is 1. The summed E-state index contributed by atoms with van der Waals surface area (Å²) in [5.74, 6) is 2.64. The number of hydrogen-bond donors (Lipinski definition) is 0. The first-order valence-corrected chi connectivity index (χ1v) is 8.13. The molecular formula is C14H28NO2P+2. The van der Waals surface area contributed by atoms with E-state index in [1.165, 1.54) is 12.8 Å². The highest BCUT2D eigenvalue weighted by Gasteiger charge is 2.18. The van der Waals surface area contributed by atoms with E-state index in [9.17, 15) is 4.57 Å². The molecule has 0 radical (unpaired) electrons. The largest absolute Gasteiger partial charge is 0.508 e. The third-order valence-corrected chi connectivity index (χ3v) is 3.81. The zero-order valence-corrected chi connectivity index (χ0v) is 13.0. The lowest BCUT2D eigenvalue weighted by Gasteiger charge is -2.21. The predicted molar refractivity (Wildman–Crippen MR) is 77.9 cm³/mol. The molecule has 0 aliphatic carbocycles. The minimum absolute atomic E-state index is 0.584. The smallest absolute Gasteiger partial charge is 0.329 e. The molecule has 0 spiro atoms. The van der Waals surface area contributed by atoms with Crippen molar-refractivity contribution in [3.8, 4) is 12.3 Å². The van der Waals surface area contributed by atoms with E-state index in [0.29, 0.717) is 12.8 Å². The number of unbranched alkanes of at least 4 members (excludes halogenated alkanes) is 5. The fraction of sp³-hybridized carbons (Fsp3) is 0.857. The summed E-state index contributed by atoms with van der Waals surface area (Å²) in [7, 11) is 4.86. The van der Waals surface area contributed by atoms with Crippen molar-refractivity contribution in [3.63, 3.8) is 0 Å². The molecule has 0 aromatic rings. The van der Waals surface area contributed by atoms with Crippen molar-refractivity contribution >= 4 is 8.03 Å². The van der Waals surface area contributed by atoms with Crippen LogP contribution in [0, 0.1) is 12.3 Å². The molecule has 0 aliphatic rings. The second kappa shape index (κ2) is 10.5. The highest BCUT2D eigenvalue weighted by Crippen LogP contribution is 2.24. The highest BCUT2D eigenvalue weighted by atomic mass is 31.1. The highest BCUT2D eigenvalue weighted by molar-refractivity contribution is 7.39. The normalized spacial score (nSPS) is 12.2. The van der Waals surface area contributed by atoms with Crippen LogP contribution in [-0.2, 0) is 9.09 Å². The van der Waals surface area contributed by atoms with Gasteiger partial charge in [0.05, 0.1) is 21.1 Å². The van der Waals surface area contributed by atoms with Gasteiger partial charge in [0.2, 0.25) is 0 Å². The molecule has 0 saturated carbocycles. The quantitative estimate of drug-likeness (QED) is 0.249. The van der Waals surface area contributed by atoms with Crippen LogP contribution in [0.1, 0.15) is 38.5 Å². The van der Waals surface area contributed by atoms with Crippen LogP contribution in [0.15, 0.2) is 0 Å². The van der Waals surface area contributed by atoms with E-state index < -0.39 is 8.03 Å². The maximum Gasteiger partial charge on any atom is 0.508 e. The Labute approximate surface area is 113 Å². The molecule has 0 fully saturated rings. The molecule has 18 heavy (non-hydrogen) atoms. The van der Waals surface area contributed by atoms with E-state index in [-0.39, 0.29) is 0 Å². The lowest BCUT2D eigenvalue weighted by atomic mass is 10.1. The summed E-state index contributed by atoms with van der Waals surface area (Å²) in [6.07, 6.45) is 12.4. The molecule has 0 amide bonds. The predicted octanol–water partition coefficient (Wildman–Crippen LogP) is 3.43. The van der Waals surface area contributed by atoms with Gasteiger partial charge >= 0.3 is 8.03 Å². The molecule has 3 nitrogen and oxygen atoms in total. The minimum atomic E-state index is -1.45. The summed E-state index contributed by atoms with van der Waals surface area (Å²) < 4.78 is 17.7. The van der Waals surface area contributed by atoms with Gasteiger partial charge in [0, 0.05) is 6.42 Å². The zero-order valence-electron chi connectivity index (χ0n) is 12.2. The second-order valence-electron chi connectivity index (χ2n) is 5.63. The third-order valence-electron chi connectivity index (χ3n) is 2.66. The maximum atomic E-state index is 11.6. The lowest BCUT2D eigenvalue weighted by molar-refractivity contribution is -0.870. The van der Waals surface area contributed by atoms with E-state index in [4.69, 9.17) is 10.9 Å². The van der Waals surface area contributed by atoms with Crippen molar-refractivity contribution in [1.29, 1.82) is 0 Å². The second-order valence-corrected chi connectivity index (χ2v) is 7.00. The summed E-state index contributed by atoms with van der Waals surface area (Å²) in [6.45, 7) is 1.48. The van der Waals surface area contributed by atoms with Crippen LogP contribution in [-0.4, -0.2) is 44.9 Å².